The highest BCUT2D eigenvalue weighted by molar-refractivity contribution is 7.90. The standard InChI is InChI=1S/C23H35N3O6S/c1-33(30,31)13-3-5-21(27)26-20(23(28)29)10-12-32-19-14-16(15-19)6-8-18-9-7-17-4-2-11-24-22(17)25-18/h7,9,16,19-20H,2-6,8,10-15H2,1H3,(H,24,25)(H,26,27)(H,28,29)/t16-,19-,20?. The van der Waals surface area contributed by atoms with Crippen LogP contribution in [-0.2, 0) is 37.0 Å². The summed E-state index contributed by atoms with van der Waals surface area (Å²) in [6, 6.07) is 3.27. The molecule has 0 radical (unpaired) electrons. The van der Waals surface area contributed by atoms with Crippen LogP contribution >= 0.6 is 0 Å². The molecular weight excluding hydrogens is 446 g/mol. The summed E-state index contributed by atoms with van der Waals surface area (Å²) in [7, 11) is -3.14. The zero-order valence-electron chi connectivity index (χ0n) is 19.2. The molecular formula is C23H35N3O6S. The molecule has 0 spiro atoms. The quantitative estimate of drug-likeness (QED) is 0.389. The first-order chi connectivity index (χ1) is 15.7. The Morgan fingerprint density at radius 2 is 2.12 bits per heavy atom. The van der Waals surface area contributed by atoms with Gasteiger partial charge in [-0.15, -0.1) is 0 Å². The molecule has 3 rings (SSSR count). The Labute approximate surface area is 195 Å². The van der Waals surface area contributed by atoms with E-state index in [1.165, 1.54) is 5.56 Å². The number of aromatic nitrogens is 1. The molecule has 1 amide bonds. The molecule has 33 heavy (non-hydrogen) atoms. The Hall–Kier alpha value is -2.20. The fourth-order valence-electron chi connectivity index (χ4n) is 4.28. The Bertz CT molecular complexity index is 930. The van der Waals surface area contributed by atoms with Crippen LogP contribution in [0.4, 0.5) is 5.82 Å². The molecule has 0 aromatic carbocycles. The first kappa shape index (κ1) is 25.4. The maximum atomic E-state index is 11.9. The maximum Gasteiger partial charge on any atom is 0.326 e. The van der Waals surface area contributed by atoms with Gasteiger partial charge in [0.05, 0.1) is 11.9 Å². The average molecular weight is 482 g/mol. The molecule has 1 saturated carbocycles. The molecule has 1 aromatic rings. The monoisotopic (exact) mass is 481 g/mol. The van der Waals surface area contributed by atoms with Gasteiger partial charge in [-0.1, -0.05) is 6.07 Å². The zero-order chi connectivity index (χ0) is 23.8. The molecule has 1 atom stereocenters. The number of hydrogen-bond acceptors (Lipinski definition) is 7. The minimum Gasteiger partial charge on any atom is -0.480 e. The molecule has 0 saturated heterocycles. The van der Waals surface area contributed by atoms with E-state index in [1.54, 1.807) is 0 Å². The van der Waals surface area contributed by atoms with E-state index in [1.807, 2.05) is 0 Å². The SMILES string of the molecule is CS(=O)(=O)CCCC(=O)NC(CCO[C@H]1C[C@H](CCc2ccc3c(n2)NCCC3)C1)C(=O)O. The largest absolute Gasteiger partial charge is 0.480 e. The highest BCUT2D eigenvalue weighted by Gasteiger charge is 2.30. The van der Waals surface area contributed by atoms with Gasteiger partial charge in [0.1, 0.15) is 21.7 Å². The van der Waals surface area contributed by atoms with Crippen LogP contribution in [0.5, 0.6) is 0 Å². The summed E-state index contributed by atoms with van der Waals surface area (Å²) in [5.74, 6) is -0.0484. The summed E-state index contributed by atoms with van der Waals surface area (Å²) >= 11 is 0. The number of sulfone groups is 1. The molecule has 2 heterocycles. The molecule has 1 unspecified atom stereocenters. The number of nitrogens with one attached hydrogen (secondary N) is 2. The second-order valence-corrected chi connectivity index (χ2v) is 11.4. The molecule has 1 fully saturated rings. The molecule has 184 valence electrons. The first-order valence-electron chi connectivity index (χ1n) is 11.7. The van der Waals surface area contributed by atoms with E-state index < -0.39 is 27.8 Å². The van der Waals surface area contributed by atoms with Crippen LogP contribution < -0.4 is 10.6 Å². The summed E-state index contributed by atoms with van der Waals surface area (Å²) in [4.78, 5) is 28.1. The van der Waals surface area contributed by atoms with Crippen LogP contribution in [-0.4, -0.2) is 67.7 Å². The van der Waals surface area contributed by atoms with Crippen molar-refractivity contribution in [1.82, 2.24) is 10.3 Å². The van der Waals surface area contributed by atoms with Gasteiger partial charge in [-0.05, 0) is 62.5 Å². The molecule has 1 aliphatic heterocycles. The van der Waals surface area contributed by atoms with Crippen molar-refractivity contribution >= 4 is 27.5 Å². The van der Waals surface area contributed by atoms with Crippen LogP contribution in [0, 0.1) is 5.92 Å². The van der Waals surface area contributed by atoms with E-state index in [0.717, 1.165) is 62.8 Å². The number of hydrogen-bond donors (Lipinski definition) is 3. The smallest absolute Gasteiger partial charge is 0.326 e. The third-order valence-electron chi connectivity index (χ3n) is 6.27. The summed E-state index contributed by atoms with van der Waals surface area (Å²) in [6.45, 7) is 1.25. The van der Waals surface area contributed by atoms with Gasteiger partial charge in [0.15, 0.2) is 0 Å². The fourth-order valence-corrected chi connectivity index (χ4v) is 4.95. The number of aryl methyl sites for hydroxylation is 2. The van der Waals surface area contributed by atoms with Gasteiger partial charge in [0.25, 0.3) is 0 Å². The third kappa shape index (κ3) is 8.58. The van der Waals surface area contributed by atoms with Gasteiger partial charge in [-0.2, -0.15) is 0 Å². The Kier molecular flexibility index (Phi) is 9.08. The highest BCUT2D eigenvalue weighted by atomic mass is 32.2. The van der Waals surface area contributed by atoms with Crippen molar-refractivity contribution in [1.29, 1.82) is 0 Å². The second-order valence-electron chi connectivity index (χ2n) is 9.19. The lowest BCUT2D eigenvalue weighted by atomic mass is 9.79. The zero-order valence-corrected chi connectivity index (χ0v) is 20.0. The van der Waals surface area contributed by atoms with E-state index in [-0.39, 0.29) is 37.7 Å². The summed E-state index contributed by atoms with van der Waals surface area (Å²) < 4.78 is 28.0. The number of aliphatic carboxylic acids is 1. The number of carbonyl (C=O) groups is 2. The van der Waals surface area contributed by atoms with Gasteiger partial charge in [0.2, 0.25) is 5.91 Å². The van der Waals surface area contributed by atoms with Crippen LogP contribution in [0.3, 0.4) is 0 Å². The summed E-state index contributed by atoms with van der Waals surface area (Å²) in [6.07, 6.45) is 7.74. The number of carbonyl (C=O) groups excluding carboxylic acids is 1. The molecule has 3 N–H and O–H groups in total. The van der Waals surface area contributed by atoms with Crippen molar-refractivity contribution in [3.63, 3.8) is 0 Å². The van der Waals surface area contributed by atoms with E-state index in [9.17, 15) is 23.1 Å². The number of pyridine rings is 1. The highest BCUT2D eigenvalue weighted by Crippen LogP contribution is 2.34. The normalized spacial score (nSPS) is 20.8. The Morgan fingerprint density at radius 3 is 2.85 bits per heavy atom. The van der Waals surface area contributed by atoms with Crippen LogP contribution in [0.1, 0.15) is 56.2 Å². The van der Waals surface area contributed by atoms with Gasteiger partial charge in [-0.25, -0.2) is 18.2 Å². The lowest BCUT2D eigenvalue weighted by Crippen LogP contribution is -2.42. The molecule has 1 aliphatic carbocycles. The van der Waals surface area contributed by atoms with E-state index in [0.29, 0.717) is 5.92 Å². The van der Waals surface area contributed by atoms with Crippen molar-refractivity contribution in [2.75, 3.05) is 30.5 Å². The van der Waals surface area contributed by atoms with Crippen LogP contribution in [0.25, 0.3) is 0 Å². The number of ether oxygens (including phenoxy) is 1. The predicted octanol–water partition coefficient (Wildman–Crippen LogP) is 1.95. The van der Waals surface area contributed by atoms with Crippen molar-refractivity contribution in [2.45, 2.75) is 69.9 Å². The lowest BCUT2D eigenvalue weighted by molar-refractivity contribution is -0.142. The van der Waals surface area contributed by atoms with Crippen molar-refractivity contribution in [3.8, 4) is 0 Å². The van der Waals surface area contributed by atoms with E-state index in [2.05, 4.69) is 22.8 Å². The van der Waals surface area contributed by atoms with Crippen molar-refractivity contribution in [3.05, 3.63) is 23.4 Å². The number of carboxylic acids is 1. The number of carboxylic acid groups (broad SMARTS) is 1. The molecule has 2 aliphatic rings. The topological polar surface area (TPSA) is 135 Å². The van der Waals surface area contributed by atoms with Gasteiger partial charge < -0.3 is 20.5 Å². The molecule has 0 bridgehead atoms. The number of anilines is 1. The van der Waals surface area contributed by atoms with Crippen molar-refractivity contribution in [2.24, 2.45) is 5.92 Å². The molecule has 9 nitrogen and oxygen atoms in total. The Balaban J connectivity index is 1.29. The van der Waals surface area contributed by atoms with Crippen LogP contribution in [0.2, 0.25) is 0 Å². The minimum atomic E-state index is -3.14. The van der Waals surface area contributed by atoms with E-state index in [4.69, 9.17) is 9.72 Å². The summed E-state index contributed by atoms with van der Waals surface area (Å²) in [5.41, 5.74) is 2.41. The third-order valence-corrected chi connectivity index (χ3v) is 7.30. The lowest BCUT2D eigenvalue weighted by Gasteiger charge is -2.35. The number of rotatable bonds is 13. The fraction of sp³-hybridized carbons (Fsp3) is 0.696. The van der Waals surface area contributed by atoms with Gasteiger partial charge in [-0.3, -0.25) is 4.79 Å². The first-order valence-corrected chi connectivity index (χ1v) is 13.8. The van der Waals surface area contributed by atoms with Gasteiger partial charge in [0, 0.05) is 37.9 Å². The number of amides is 1. The minimum absolute atomic E-state index is 0.0167. The molecule has 10 heteroatoms. The summed E-state index contributed by atoms with van der Waals surface area (Å²) in [5, 5.41) is 15.2. The average Bonchev–Trinajstić information content (AvgIpc) is 2.72. The Morgan fingerprint density at radius 1 is 1.33 bits per heavy atom. The predicted molar refractivity (Wildman–Crippen MR) is 125 cm³/mol. The van der Waals surface area contributed by atoms with Gasteiger partial charge >= 0.3 is 5.97 Å². The molecule has 1 aromatic heterocycles. The number of nitrogens with zero attached hydrogens (tertiary/aromatic N) is 1. The number of fused-ring (bicyclic) bond motifs is 1. The van der Waals surface area contributed by atoms with E-state index >= 15 is 0 Å². The van der Waals surface area contributed by atoms with Crippen molar-refractivity contribution < 1.29 is 27.9 Å². The maximum absolute atomic E-state index is 11.9. The second kappa shape index (κ2) is 11.8. The van der Waals surface area contributed by atoms with Crippen LogP contribution in [0.15, 0.2) is 12.1 Å².